The summed E-state index contributed by atoms with van der Waals surface area (Å²) in [6.45, 7) is 10.2. The smallest absolute Gasteiger partial charge is 0.337 e. The van der Waals surface area contributed by atoms with Gasteiger partial charge in [-0.1, -0.05) is 57.0 Å². The number of carbonyl (C=O) groups is 1. The first-order valence-corrected chi connectivity index (χ1v) is 9.82. The van der Waals surface area contributed by atoms with Crippen molar-refractivity contribution < 1.29 is 9.53 Å². The van der Waals surface area contributed by atoms with Crippen molar-refractivity contribution >= 4 is 17.6 Å². The Morgan fingerprint density at radius 1 is 1.35 bits per heavy atom. The number of rotatable bonds is 5. The molecule has 1 fully saturated rings. The van der Waals surface area contributed by atoms with Crippen LogP contribution >= 0.6 is 11.6 Å². The van der Waals surface area contributed by atoms with Crippen molar-refractivity contribution in [2.24, 2.45) is 5.84 Å². The standard InChI is InChI=1S/C18H26ClN3O2.C2H6/c1-4-8-14(18(23)24-5-2)17-21-16(11-12(3)22(17)20)13-9-6-7-10-15(13)19;1-2/h6-7,9-10,12,16,21H,4-5,8,11,20H2,1-3H3;1-2H3/b17-14+;. The summed E-state index contributed by atoms with van der Waals surface area (Å²) in [5, 5.41) is 5.75. The van der Waals surface area contributed by atoms with Crippen LogP contribution in [0.5, 0.6) is 0 Å². The van der Waals surface area contributed by atoms with Gasteiger partial charge in [0.1, 0.15) is 5.82 Å². The van der Waals surface area contributed by atoms with Gasteiger partial charge in [0.15, 0.2) is 0 Å². The van der Waals surface area contributed by atoms with Crippen molar-refractivity contribution in [3.05, 3.63) is 46.2 Å². The van der Waals surface area contributed by atoms with Gasteiger partial charge in [0.05, 0.1) is 18.2 Å². The third-order valence-electron chi connectivity index (χ3n) is 4.21. The highest BCUT2D eigenvalue weighted by Gasteiger charge is 2.32. The predicted molar refractivity (Wildman–Crippen MR) is 107 cm³/mol. The lowest BCUT2D eigenvalue weighted by Gasteiger charge is -2.40. The van der Waals surface area contributed by atoms with Crippen LogP contribution in [0.3, 0.4) is 0 Å². The van der Waals surface area contributed by atoms with Gasteiger partial charge in [0.2, 0.25) is 0 Å². The molecule has 3 N–H and O–H groups in total. The maximum atomic E-state index is 12.4. The van der Waals surface area contributed by atoms with Crippen LogP contribution in [0, 0.1) is 0 Å². The van der Waals surface area contributed by atoms with Crippen molar-refractivity contribution in [2.45, 2.75) is 66.0 Å². The molecule has 2 unspecified atom stereocenters. The molecular weight excluding hydrogens is 350 g/mol. The molecule has 5 nitrogen and oxygen atoms in total. The fourth-order valence-electron chi connectivity index (χ4n) is 2.96. The maximum absolute atomic E-state index is 12.4. The molecule has 0 amide bonds. The summed E-state index contributed by atoms with van der Waals surface area (Å²) in [6.07, 6.45) is 2.24. The van der Waals surface area contributed by atoms with Crippen LogP contribution in [0.25, 0.3) is 0 Å². The van der Waals surface area contributed by atoms with Crippen LogP contribution in [-0.4, -0.2) is 23.6 Å². The molecule has 0 radical (unpaired) electrons. The Balaban J connectivity index is 0.00000163. The highest BCUT2D eigenvalue weighted by atomic mass is 35.5. The fourth-order valence-corrected chi connectivity index (χ4v) is 3.23. The zero-order valence-corrected chi connectivity index (χ0v) is 17.3. The van der Waals surface area contributed by atoms with Crippen molar-refractivity contribution in [2.75, 3.05) is 6.61 Å². The lowest BCUT2D eigenvalue weighted by molar-refractivity contribution is -0.139. The number of esters is 1. The average molecular weight is 382 g/mol. The van der Waals surface area contributed by atoms with Gasteiger partial charge >= 0.3 is 5.97 Å². The number of halogens is 1. The van der Waals surface area contributed by atoms with Gasteiger partial charge in [-0.05, 0) is 38.3 Å². The van der Waals surface area contributed by atoms with Gasteiger partial charge in [-0.15, -0.1) is 0 Å². The Kier molecular flexibility index (Phi) is 9.52. The van der Waals surface area contributed by atoms with E-state index in [0.29, 0.717) is 29.4 Å². The van der Waals surface area contributed by atoms with E-state index in [1.165, 1.54) is 0 Å². The number of nitrogens with two attached hydrogens (primary N) is 1. The lowest BCUT2D eigenvalue weighted by atomic mass is 9.96. The minimum atomic E-state index is -0.315. The molecule has 0 spiro atoms. The Morgan fingerprint density at radius 3 is 2.58 bits per heavy atom. The second-order valence-electron chi connectivity index (χ2n) is 6.01. The number of hydrogen-bond donors (Lipinski definition) is 2. The highest BCUT2D eigenvalue weighted by molar-refractivity contribution is 6.31. The average Bonchev–Trinajstić information content (AvgIpc) is 2.64. The first-order valence-electron chi connectivity index (χ1n) is 9.44. The van der Waals surface area contributed by atoms with Crippen LogP contribution in [-0.2, 0) is 9.53 Å². The van der Waals surface area contributed by atoms with Gasteiger partial charge in [-0.25, -0.2) is 10.6 Å². The van der Waals surface area contributed by atoms with Crippen LogP contribution < -0.4 is 11.2 Å². The van der Waals surface area contributed by atoms with E-state index in [0.717, 1.165) is 18.4 Å². The van der Waals surface area contributed by atoms with E-state index >= 15 is 0 Å². The Hall–Kier alpha value is -1.72. The normalized spacial score (nSPS) is 21.3. The van der Waals surface area contributed by atoms with Gasteiger partial charge in [0, 0.05) is 11.1 Å². The molecular formula is C20H32ClN3O2. The summed E-state index contributed by atoms with van der Waals surface area (Å²) in [5.74, 6) is 6.56. The van der Waals surface area contributed by atoms with E-state index < -0.39 is 0 Å². The molecule has 2 rings (SSSR count). The lowest BCUT2D eigenvalue weighted by Crippen LogP contribution is -2.51. The number of nitrogens with one attached hydrogen (secondary N) is 1. The summed E-state index contributed by atoms with van der Waals surface area (Å²) in [7, 11) is 0. The van der Waals surface area contributed by atoms with Gasteiger partial charge in [-0.2, -0.15) is 0 Å². The molecule has 2 atom stereocenters. The van der Waals surface area contributed by atoms with Crippen molar-refractivity contribution in [3.63, 3.8) is 0 Å². The first-order chi connectivity index (χ1) is 12.5. The van der Waals surface area contributed by atoms with Crippen LogP contribution in [0.15, 0.2) is 35.7 Å². The third kappa shape index (κ3) is 5.39. The molecule has 26 heavy (non-hydrogen) atoms. The predicted octanol–water partition coefficient (Wildman–Crippen LogP) is 4.54. The quantitative estimate of drug-likeness (QED) is 0.445. The van der Waals surface area contributed by atoms with E-state index in [-0.39, 0.29) is 18.1 Å². The summed E-state index contributed by atoms with van der Waals surface area (Å²) in [6, 6.07) is 7.82. The van der Waals surface area contributed by atoms with Crippen LogP contribution in [0.2, 0.25) is 5.02 Å². The molecule has 1 aromatic rings. The molecule has 0 aliphatic carbocycles. The minimum absolute atomic E-state index is 0.00443. The van der Waals surface area contributed by atoms with Crippen molar-refractivity contribution in [3.8, 4) is 0 Å². The zero-order valence-electron chi connectivity index (χ0n) is 16.5. The van der Waals surface area contributed by atoms with Crippen LogP contribution in [0.4, 0.5) is 0 Å². The minimum Gasteiger partial charge on any atom is -0.463 e. The second-order valence-corrected chi connectivity index (χ2v) is 6.42. The number of benzene rings is 1. The molecule has 0 saturated carbocycles. The second kappa shape index (κ2) is 11.1. The van der Waals surface area contributed by atoms with Gasteiger partial charge in [-0.3, -0.25) is 5.01 Å². The first kappa shape index (κ1) is 22.3. The number of hydrogen-bond acceptors (Lipinski definition) is 5. The summed E-state index contributed by atoms with van der Waals surface area (Å²) >= 11 is 6.35. The fraction of sp³-hybridized carbons (Fsp3) is 0.550. The molecule has 1 saturated heterocycles. The van der Waals surface area contributed by atoms with Crippen molar-refractivity contribution in [1.29, 1.82) is 0 Å². The molecule has 1 aliphatic heterocycles. The van der Waals surface area contributed by atoms with Gasteiger partial charge < -0.3 is 10.1 Å². The zero-order chi connectivity index (χ0) is 19.7. The molecule has 1 heterocycles. The SMILES string of the molecule is CC.CCC/C(C(=O)OCC)=C1/NC(c2ccccc2Cl)CC(C)N1N. The largest absolute Gasteiger partial charge is 0.463 e. The monoisotopic (exact) mass is 381 g/mol. The van der Waals surface area contributed by atoms with E-state index in [1.54, 1.807) is 11.9 Å². The summed E-state index contributed by atoms with van der Waals surface area (Å²) in [4.78, 5) is 12.4. The van der Waals surface area contributed by atoms with Crippen molar-refractivity contribution in [1.82, 2.24) is 10.3 Å². The molecule has 0 bridgehead atoms. The molecule has 6 heteroatoms. The van der Waals surface area contributed by atoms with Crippen LogP contribution in [0.1, 0.15) is 65.5 Å². The molecule has 1 aromatic carbocycles. The molecule has 146 valence electrons. The number of nitrogens with zero attached hydrogens (tertiary/aromatic N) is 1. The van der Waals surface area contributed by atoms with E-state index in [2.05, 4.69) is 5.32 Å². The Morgan fingerprint density at radius 2 is 2.00 bits per heavy atom. The number of hydrazine groups is 1. The third-order valence-corrected chi connectivity index (χ3v) is 4.55. The van der Waals surface area contributed by atoms with E-state index in [4.69, 9.17) is 22.2 Å². The summed E-state index contributed by atoms with van der Waals surface area (Å²) in [5.41, 5.74) is 1.60. The highest BCUT2D eigenvalue weighted by Crippen LogP contribution is 2.33. The Bertz CT molecular complexity index is 619. The number of ether oxygens (including phenoxy) is 1. The number of carbonyl (C=O) groups excluding carboxylic acids is 1. The molecule has 1 aliphatic rings. The van der Waals surface area contributed by atoms with E-state index in [9.17, 15) is 4.79 Å². The van der Waals surface area contributed by atoms with Gasteiger partial charge in [0.25, 0.3) is 0 Å². The Labute approximate surface area is 162 Å². The maximum Gasteiger partial charge on any atom is 0.337 e. The van der Waals surface area contributed by atoms with E-state index in [1.807, 2.05) is 52.0 Å². The topological polar surface area (TPSA) is 67.6 Å². The summed E-state index contributed by atoms with van der Waals surface area (Å²) < 4.78 is 5.21. The molecule has 0 aromatic heterocycles.